The summed E-state index contributed by atoms with van der Waals surface area (Å²) in [4.78, 5) is 10.6. The van der Waals surface area contributed by atoms with Crippen molar-refractivity contribution >= 4 is 12.0 Å². The highest BCUT2D eigenvalue weighted by Gasteiger charge is 2.07. The van der Waals surface area contributed by atoms with Crippen LogP contribution in [0.1, 0.15) is 12.5 Å². The van der Waals surface area contributed by atoms with Crippen molar-refractivity contribution in [3.05, 3.63) is 29.3 Å². The molecule has 17 heavy (non-hydrogen) atoms. The first-order chi connectivity index (χ1) is 8.08. The van der Waals surface area contributed by atoms with Crippen molar-refractivity contribution in [3.63, 3.8) is 0 Å². The maximum absolute atomic E-state index is 10.6. The van der Waals surface area contributed by atoms with Crippen LogP contribution in [-0.4, -0.2) is 22.8 Å². The third-order valence-electron chi connectivity index (χ3n) is 1.95. The lowest BCUT2D eigenvalue weighted by molar-refractivity contribution is -0.132. The van der Waals surface area contributed by atoms with Crippen molar-refractivity contribution in [3.8, 4) is 17.6 Å². The van der Waals surface area contributed by atoms with Gasteiger partial charge >= 0.3 is 5.97 Å². The summed E-state index contributed by atoms with van der Waals surface area (Å²) in [5.41, 5.74) is 0.100. The van der Waals surface area contributed by atoms with Crippen LogP contribution in [0.5, 0.6) is 11.5 Å². The number of phenolic OH excluding ortho intramolecular Hbond substituents is 1. The second-order valence-corrected chi connectivity index (χ2v) is 3.14. The highest BCUT2D eigenvalue weighted by molar-refractivity contribution is 5.96. The van der Waals surface area contributed by atoms with Gasteiger partial charge in [0.05, 0.1) is 6.61 Å². The van der Waals surface area contributed by atoms with E-state index in [1.165, 1.54) is 24.3 Å². The van der Waals surface area contributed by atoms with Crippen LogP contribution in [0.15, 0.2) is 23.8 Å². The van der Waals surface area contributed by atoms with Crippen LogP contribution in [-0.2, 0) is 4.79 Å². The molecule has 0 unspecified atom stereocenters. The zero-order chi connectivity index (χ0) is 12.8. The molecule has 0 heterocycles. The van der Waals surface area contributed by atoms with Crippen molar-refractivity contribution in [1.29, 1.82) is 5.26 Å². The monoisotopic (exact) mass is 233 g/mol. The van der Waals surface area contributed by atoms with Gasteiger partial charge in [-0.2, -0.15) is 5.26 Å². The molecule has 5 heteroatoms. The minimum Gasteiger partial charge on any atom is -0.504 e. The van der Waals surface area contributed by atoms with E-state index in [0.29, 0.717) is 12.2 Å². The van der Waals surface area contributed by atoms with Gasteiger partial charge in [0.15, 0.2) is 11.5 Å². The maximum Gasteiger partial charge on any atom is 0.346 e. The molecule has 0 saturated carbocycles. The van der Waals surface area contributed by atoms with Crippen LogP contribution in [0.2, 0.25) is 0 Å². The number of carboxylic acid groups (broad SMARTS) is 1. The molecule has 0 aliphatic heterocycles. The van der Waals surface area contributed by atoms with Gasteiger partial charge in [-0.1, -0.05) is 6.07 Å². The SMILES string of the molecule is CCOc1cc(/C=C(\C#N)C(=O)O)ccc1O. The average molecular weight is 233 g/mol. The minimum atomic E-state index is -1.29. The summed E-state index contributed by atoms with van der Waals surface area (Å²) in [5.74, 6) is -1.07. The maximum atomic E-state index is 10.6. The van der Waals surface area contributed by atoms with Crippen LogP contribution >= 0.6 is 0 Å². The molecule has 2 N–H and O–H groups in total. The molecular formula is C12H11NO4. The molecule has 5 nitrogen and oxygen atoms in total. The second kappa shape index (κ2) is 5.56. The summed E-state index contributed by atoms with van der Waals surface area (Å²) in [5, 5.41) is 26.7. The first-order valence-corrected chi connectivity index (χ1v) is 4.89. The first kappa shape index (κ1) is 12.6. The number of nitrogens with zero attached hydrogens (tertiary/aromatic N) is 1. The normalized spacial score (nSPS) is 10.7. The van der Waals surface area contributed by atoms with Crippen LogP contribution in [0.25, 0.3) is 6.08 Å². The van der Waals surface area contributed by atoms with Crippen LogP contribution in [0.3, 0.4) is 0 Å². The molecule has 0 fully saturated rings. The fourth-order valence-corrected chi connectivity index (χ4v) is 1.20. The fourth-order valence-electron chi connectivity index (χ4n) is 1.20. The molecule has 1 aromatic carbocycles. The summed E-state index contributed by atoms with van der Waals surface area (Å²) >= 11 is 0. The molecule has 0 radical (unpaired) electrons. The number of rotatable bonds is 4. The quantitative estimate of drug-likeness (QED) is 0.611. The molecule has 0 aromatic heterocycles. The average Bonchev–Trinajstić information content (AvgIpc) is 2.30. The number of benzene rings is 1. The topological polar surface area (TPSA) is 90.5 Å². The summed E-state index contributed by atoms with van der Waals surface area (Å²) in [6.45, 7) is 2.14. The summed E-state index contributed by atoms with van der Waals surface area (Å²) in [6, 6.07) is 5.93. The largest absolute Gasteiger partial charge is 0.504 e. The van der Waals surface area contributed by atoms with E-state index < -0.39 is 5.97 Å². The molecule has 88 valence electrons. The molecular weight excluding hydrogens is 222 g/mol. The zero-order valence-corrected chi connectivity index (χ0v) is 9.17. The number of hydrogen-bond donors (Lipinski definition) is 2. The van der Waals surface area contributed by atoms with Gasteiger partial charge in [-0.05, 0) is 30.7 Å². The number of aromatic hydroxyl groups is 1. The summed E-state index contributed by atoms with van der Waals surface area (Å²) in [6.07, 6.45) is 1.21. The Morgan fingerprint density at radius 3 is 2.82 bits per heavy atom. The van der Waals surface area contributed by atoms with E-state index in [2.05, 4.69) is 0 Å². The van der Waals surface area contributed by atoms with E-state index in [9.17, 15) is 9.90 Å². The lowest BCUT2D eigenvalue weighted by Crippen LogP contribution is -1.97. The van der Waals surface area contributed by atoms with Gasteiger partial charge in [-0.3, -0.25) is 0 Å². The number of hydrogen-bond acceptors (Lipinski definition) is 4. The number of phenols is 1. The Morgan fingerprint density at radius 2 is 2.29 bits per heavy atom. The van der Waals surface area contributed by atoms with Crippen LogP contribution < -0.4 is 4.74 Å². The number of nitriles is 1. The molecule has 0 aliphatic carbocycles. The van der Waals surface area contributed by atoms with E-state index in [-0.39, 0.29) is 17.1 Å². The Labute approximate surface area is 98.2 Å². The van der Waals surface area contributed by atoms with E-state index in [4.69, 9.17) is 15.1 Å². The van der Waals surface area contributed by atoms with Crippen molar-refractivity contribution in [2.75, 3.05) is 6.61 Å². The van der Waals surface area contributed by atoms with Gasteiger partial charge in [0.1, 0.15) is 11.6 Å². The predicted octanol–water partition coefficient (Wildman–Crippen LogP) is 1.78. The van der Waals surface area contributed by atoms with Gasteiger partial charge < -0.3 is 14.9 Å². The summed E-state index contributed by atoms with van der Waals surface area (Å²) in [7, 11) is 0. The first-order valence-electron chi connectivity index (χ1n) is 4.89. The molecule has 0 amide bonds. The molecule has 1 rings (SSSR count). The number of carboxylic acids is 1. The van der Waals surface area contributed by atoms with E-state index in [1.807, 2.05) is 0 Å². The molecule has 0 bridgehead atoms. The molecule has 1 aromatic rings. The van der Waals surface area contributed by atoms with E-state index in [1.54, 1.807) is 13.0 Å². The Balaban J connectivity index is 3.12. The highest BCUT2D eigenvalue weighted by atomic mass is 16.5. The van der Waals surface area contributed by atoms with Gasteiger partial charge in [0.2, 0.25) is 0 Å². The fraction of sp³-hybridized carbons (Fsp3) is 0.167. The van der Waals surface area contributed by atoms with Gasteiger partial charge in [0.25, 0.3) is 0 Å². The van der Waals surface area contributed by atoms with Crippen LogP contribution in [0.4, 0.5) is 0 Å². The standard InChI is InChI=1S/C12H11NO4/c1-2-17-11-6-8(3-4-10(11)14)5-9(7-13)12(15)16/h3-6,14H,2H2,1H3,(H,15,16)/b9-5+. The predicted molar refractivity (Wildman–Crippen MR) is 60.5 cm³/mol. The van der Waals surface area contributed by atoms with Crippen molar-refractivity contribution in [2.45, 2.75) is 6.92 Å². The smallest absolute Gasteiger partial charge is 0.346 e. The lowest BCUT2D eigenvalue weighted by atomic mass is 10.1. The third kappa shape index (κ3) is 3.24. The Kier molecular flexibility index (Phi) is 4.12. The Hall–Kier alpha value is -2.48. The minimum absolute atomic E-state index is 0.0298. The Morgan fingerprint density at radius 1 is 1.59 bits per heavy atom. The van der Waals surface area contributed by atoms with Crippen molar-refractivity contribution in [1.82, 2.24) is 0 Å². The molecule has 0 aliphatic rings. The van der Waals surface area contributed by atoms with Gasteiger partial charge in [-0.15, -0.1) is 0 Å². The molecule has 0 saturated heterocycles. The zero-order valence-electron chi connectivity index (χ0n) is 9.17. The van der Waals surface area contributed by atoms with Gasteiger partial charge in [0, 0.05) is 0 Å². The van der Waals surface area contributed by atoms with E-state index >= 15 is 0 Å². The van der Waals surface area contributed by atoms with Crippen molar-refractivity contribution < 1.29 is 19.7 Å². The Bertz CT molecular complexity index is 500. The number of carbonyl (C=O) groups is 1. The lowest BCUT2D eigenvalue weighted by Gasteiger charge is -2.06. The van der Waals surface area contributed by atoms with Crippen molar-refractivity contribution in [2.24, 2.45) is 0 Å². The second-order valence-electron chi connectivity index (χ2n) is 3.14. The van der Waals surface area contributed by atoms with Crippen LogP contribution in [0, 0.1) is 11.3 Å². The third-order valence-corrected chi connectivity index (χ3v) is 1.95. The van der Waals surface area contributed by atoms with Gasteiger partial charge in [-0.25, -0.2) is 4.79 Å². The number of ether oxygens (including phenoxy) is 1. The highest BCUT2D eigenvalue weighted by Crippen LogP contribution is 2.27. The molecule has 0 atom stereocenters. The summed E-state index contributed by atoms with van der Waals surface area (Å²) < 4.78 is 5.14. The molecule has 0 spiro atoms. The number of aliphatic carboxylic acids is 1. The van der Waals surface area contributed by atoms with E-state index in [0.717, 1.165) is 0 Å².